The van der Waals surface area contributed by atoms with Crippen molar-refractivity contribution in [3.63, 3.8) is 0 Å². The van der Waals surface area contributed by atoms with Gasteiger partial charge in [0.05, 0.1) is 11.1 Å². The van der Waals surface area contributed by atoms with Crippen LogP contribution in [0.5, 0.6) is 5.75 Å². The van der Waals surface area contributed by atoms with Gasteiger partial charge in [0, 0.05) is 17.0 Å². The van der Waals surface area contributed by atoms with Gasteiger partial charge in [-0.05, 0) is 42.8 Å². The minimum absolute atomic E-state index is 0.251. The van der Waals surface area contributed by atoms with Crippen molar-refractivity contribution in [3.8, 4) is 5.75 Å². The molecule has 0 radical (unpaired) electrons. The maximum atomic E-state index is 9.90. The Balaban J connectivity index is 1.77. The largest absolute Gasteiger partial charge is 0.491 e. The summed E-state index contributed by atoms with van der Waals surface area (Å²) in [5, 5.41) is 11.5. The maximum Gasteiger partial charge on any atom is 0.119 e. The number of hydrogen-bond donors (Lipinski definition) is 1. The minimum atomic E-state index is -0.544. The van der Waals surface area contributed by atoms with Gasteiger partial charge in [0.1, 0.15) is 12.4 Å². The Kier molecular flexibility index (Phi) is 5.71. The summed E-state index contributed by atoms with van der Waals surface area (Å²) >= 11 is 7.45. The van der Waals surface area contributed by atoms with Crippen LogP contribution in [0.1, 0.15) is 5.56 Å². The monoisotopic (exact) mass is 309 g/mol. The summed E-state index contributed by atoms with van der Waals surface area (Å²) in [4.78, 5) is 4.19. The highest BCUT2D eigenvalue weighted by molar-refractivity contribution is 7.99. The molecule has 0 fully saturated rings. The number of aliphatic hydroxyl groups is 1. The standard InChI is InChI=1S/C15H16ClNO2S/c1-11-8-13(5-6-14(11)16)19-9-12(18)10-20-15-4-2-3-7-17-15/h2-8,12,18H,9-10H2,1H3/t12-/m1/s1. The molecule has 3 nitrogen and oxygen atoms in total. The number of nitrogens with zero attached hydrogens (tertiary/aromatic N) is 1. The van der Waals surface area contributed by atoms with E-state index >= 15 is 0 Å². The summed E-state index contributed by atoms with van der Waals surface area (Å²) in [5.41, 5.74) is 0.960. The van der Waals surface area contributed by atoms with E-state index in [1.165, 1.54) is 11.8 Å². The predicted octanol–water partition coefficient (Wildman–Crippen LogP) is 3.58. The molecule has 106 valence electrons. The van der Waals surface area contributed by atoms with E-state index in [1.54, 1.807) is 18.3 Å². The lowest BCUT2D eigenvalue weighted by atomic mass is 10.2. The lowest BCUT2D eigenvalue weighted by molar-refractivity contribution is 0.126. The number of aryl methyl sites for hydroxylation is 1. The van der Waals surface area contributed by atoms with Crippen LogP contribution in [0.2, 0.25) is 5.02 Å². The van der Waals surface area contributed by atoms with Gasteiger partial charge in [-0.2, -0.15) is 0 Å². The van der Waals surface area contributed by atoms with Crippen LogP contribution in [0.25, 0.3) is 0 Å². The first-order chi connectivity index (χ1) is 9.65. The van der Waals surface area contributed by atoms with Crippen LogP contribution in [-0.4, -0.2) is 28.6 Å². The maximum absolute atomic E-state index is 9.90. The minimum Gasteiger partial charge on any atom is -0.491 e. The molecule has 1 atom stereocenters. The van der Waals surface area contributed by atoms with E-state index < -0.39 is 6.10 Å². The highest BCUT2D eigenvalue weighted by atomic mass is 35.5. The smallest absolute Gasteiger partial charge is 0.119 e. The number of pyridine rings is 1. The van der Waals surface area contributed by atoms with E-state index in [0.29, 0.717) is 16.5 Å². The average molecular weight is 310 g/mol. The summed E-state index contributed by atoms with van der Waals surface area (Å²) in [6.45, 7) is 2.17. The topological polar surface area (TPSA) is 42.4 Å². The fourth-order valence-electron chi connectivity index (χ4n) is 1.56. The van der Waals surface area contributed by atoms with E-state index in [2.05, 4.69) is 4.98 Å². The summed E-state index contributed by atoms with van der Waals surface area (Å²) in [6, 6.07) is 11.2. The number of aromatic nitrogens is 1. The number of halogens is 1. The van der Waals surface area contributed by atoms with Gasteiger partial charge in [-0.3, -0.25) is 0 Å². The molecular formula is C15H16ClNO2S. The Labute approximate surface area is 128 Å². The molecule has 0 spiro atoms. The zero-order chi connectivity index (χ0) is 14.4. The lowest BCUT2D eigenvalue weighted by Gasteiger charge is -2.12. The molecule has 0 amide bonds. The molecule has 5 heteroatoms. The van der Waals surface area contributed by atoms with Gasteiger partial charge in [-0.15, -0.1) is 11.8 Å². The van der Waals surface area contributed by atoms with Crippen molar-refractivity contribution < 1.29 is 9.84 Å². The number of aliphatic hydroxyl groups excluding tert-OH is 1. The fraction of sp³-hybridized carbons (Fsp3) is 0.267. The van der Waals surface area contributed by atoms with Gasteiger partial charge < -0.3 is 9.84 Å². The molecule has 0 unspecified atom stereocenters. The van der Waals surface area contributed by atoms with Gasteiger partial charge in [0.15, 0.2) is 0 Å². The van der Waals surface area contributed by atoms with Gasteiger partial charge in [0.2, 0.25) is 0 Å². The number of thioether (sulfide) groups is 1. The van der Waals surface area contributed by atoms with Crippen LogP contribution in [0.4, 0.5) is 0 Å². The molecule has 0 saturated heterocycles. The molecule has 2 rings (SSSR count). The van der Waals surface area contributed by atoms with E-state index in [4.69, 9.17) is 16.3 Å². The lowest BCUT2D eigenvalue weighted by Crippen LogP contribution is -2.20. The number of benzene rings is 1. The summed E-state index contributed by atoms with van der Waals surface area (Å²) in [7, 11) is 0. The summed E-state index contributed by atoms with van der Waals surface area (Å²) in [6.07, 6.45) is 1.19. The van der Waals surface area contributed by atoms with Crippen molar-refractivity contribution in [1.29, 1.82) is 0 Å². The third-order valence-electron chi connectivity index (χ3n) is 2.63. The van der Waals surface area contributed by atoms with Crippen LogP contribution in [0, 0.1) is 6.92 Å². The molecular weight excluding hydrogens is 294 g/mol. The van der Waals surface area contributed by atoms with Crippen LogP contribution >= 0.6 is 23.4 Å². The Hall–Kier alpha value is -1.23. The number of hydrogen-bond acceptors (Lipinski definition) is 4. The van der Waals surface area contributed by atoms with E-state index in [-0.39, 0.29) is 6.61 Å². The molecule has 0 bridgehead atoms. The molecule has 2 aromatic rings. The summed E-state index contributed by atoms with van der Waals surface area (Å²) < 4.78 is 5.55. The molecule has 0 aliphatic heterocycles. The Morgan fingerprint density at radius 1 is 1.35 bits per heavy atom. The van der Waals surface area contributed by atoms with Crippen LogP contribution in [0.15, 0.2) is 47.6 Å². The number of rotatable bonds is 6. The molecule has 1 aromatic heterocycles. The third kappa shape index (κ3) is 4.71. The van der Waals surface area contributed by atoms with Crippen molar-refractivity contribution in [2.24, 2.45) is 0 Å². The van der Waals surface area contributed by atoms with Crippen molar-refractivity contribution in [2.75, 3.05) is 12.4 Å². The van der Waals surface area contributed by atoms with Crippen LogP contribution in [0.3, 0.4) is 0 Å². The van der Waals surface area contributed by atoms with Crippen molar-refractivity contribution in [2.45, 2.75) is 18.1 Å². The normalized spacial score (nSPS) is 12.2. The van der Waals surface area contributed by atoms with Gasteiger partial charge in [-0.1, -0.05) is 17.7 Å². The molecule has 0 aliphatic rings. The highest BCUT2D eigenvalue weighted by Gasteiger charge is 2.07. The fourth-order valence-corrected chi connectivity index (χ4v) is 2.45. The van der Waals surface area contributed by atoms with Gasteiger partial charge >= 0.3 is 0 Å². The zero-order valence-electron chi connectivity index (χ0n) is 11.1. The van der Waals surface area contributed by atoms with Gasteiger partial charge in [0.25, 0.3) is 0 Å². The predicted molar refractivity (Wildman–Crippen MR) is 82.7 cm³/mol. The molecule has 0 saturated carbocycles. The second-order valence-corrected chi connectivity index (χ2v) is 5.80. The zero-order valence-corrected chi connectivity index (χ0v) is 12.7. The second-order valence-electron chi connectivity index (χ2n) is 4.35. The van der Waals surface area contributed by atoms with Gasteiger partial charge in [-0.25, -0.2) is 4.98 Å². The molecule has 1 heterocycles. The first-order valence-corrected chi connectivity index (χ1v) is 7.62. The first kappa shape index (κ1) is 15.2. The average Bonchev–Trinajstić information content (AvgIpc) is 2.47. The Bertz CT molecular complexity index is 551. The number of ether oxygens (including phenoxy) is 1. The SMILES string of the molecule is Cc1cc(OC[C@@H](O)CSc2ccccn2)ccc1Cl. The van der Waals surface area contributed by atoms with E-state index in [1.807, 2.05) is 31.2 Å². The summed E-state index contributed by atoms with van der Waals surface area (Å²) in [5.74, 6) is 1.26. The quantitative estimate of drug-likeness (QED) is 0.828. The van der Waals surface area contributed by atoms with Crippen molar-refractivity contribution >= 4 is 23.4 Å². The molecule has 20 heavy (non-hydrogen) atoms. The van der Waals surface area contributed by atoms with Crippen LogP contribution in [-0.2, 0) is 0 Å². The third-order valence-corrected chi connectivity index (χ3v) is 4.15. The van der Waals surface area contributed by atoms with Crippen molar-refractivity contribution in [3.05, 3.63) is 53.2 Å². The van der Waals surface area contributed by atoms with E-state index in [9.17, 15) is 5.11 Å². The molecule has 0 aliphatic carbocycles. The molecule has 1 N–H and O–H groups in total. The van der Waals surface area contributed by atoms with Crippen LogP contribution < -0.4 is 4.74 Å². The Morgan fingerprint density at radius 2 is 2.20 bits per heavy atom. The molecule has 1 aromatic carbocycles. The first-order valence-electron chi connectivity index (χ1n) is 6.26. The highest BCUT2D eigenvalue weighted by Crippen LogP contribution is 2.21. The van der Waals surface area contributed by atoms with Crippen molar-refractivity contribution in [1.82, 2.24) is 4.98 Å². The second kappa shape index (κ2) is 7.53. The van der Waals surface area contributed by atoms with E-state index in [0.717, 1.165) is 10.6 Å². The Morgan fingerprint density at radius 3 is 2.90 bits per heavy atom.